The summed E-state index contributed by atoms with van der Waals surface area (Å²) in [6.07, 6.45) is 4.17. The summed E-state index contributed by atoms with van der Waals surface area (Å²) in [4.78, 5) is 25.4. The molecule has 0 spiro atoms. The number of likely N-dealkylation sites (tertiary alicyclic amines) is 1. The molecule has 2 heterocycles. The number of carbonyl (C=O) groups excluding carboxylic acids is 1. The molecule has 2 aromatic rings. The van der Waals surface area contributed by atoms with Crippen LogP contribution in [0, 0.1) is 5.92 Å². The van der Waals surface area contributed by atoms with Crippen molar-refractivity contribution in [2.45, 2.75) is 57.1 Å². The van der Waals surface area contributed by atoms with Gasteiger partial charge in [0.1, 0.15) is 4.88 Å². The van der Waals surface area contributed by atoms with E-state index >= 15 is 0 Å². The van der Waals surface area contributed by atoms with E-state index in [0.29, 0.717) is 12.8 Å². The third kappa shape index (κ3) is 6.71. The molecule has 33 heavy (non-hydrogen) atoms. The number of nitrogens with zero attached hydrogens (tertiary/aromatic N) is 1. The number of amides is 1. The van der Waals surface area contributed by atoms with Gasteiger partial charge in [0, 0.05) is 17.8 Å². The highest BCUT2D eigenvalue weighted by molar-refractivity contribution is 7.13. The summed E-state index contributed by atoms with van der Waals surface area (Å²) in [5.74, 6) is -5.67. The van der Waals surface area contributed by atoms with Gasteiger partial charge in [0.05, 0.1) is 12.1 Å². The molecule has 1 aromatic carbocycles. The Morgan fingerprint density at radius 2 is 1.97 bits per heavy atom. The SMILES string of the molecule is C[C@@H](CCc1ccccc1)[C@H](O)C=CC1CC(F)(F)C(=O)N1CCCc1ccc(C(=O)O)s1. The first-order valence-electron chi connectivity index (χ1n) is 11.1. The number of alkyl halides is 2. The van der Waals surface area contributed by atoms with Gasteiger partial charge in [0.15, 0.2) is 0 Å². The van der Waals surface area contributed by atoms with Crippen LogP contribution in [-0.2, 0) is 17.6 Å². The van der Waals surface area contributed by atoms with E-state index < -0.39 is 36.4 Å². The van der Waals surface area contributed by atoms with Crippen LogP contribution >= 0.6 is 11.3 Å². The molecular weight excluding hydrogens is 448 g/mol. The van der Waals surface area contributed by atoms with Crippen molar-refractivity contribution in [1.82, 2.24) is 4.90 Å². The third-order valence-electron chi connectivity index (χ3n) is 5.98. The van der Waals surface area contributed by atoms with Gasteiger partial charge in [0.2, 0.25) is 0 Å². The molecule has 1 aliphatic heterocycles. The summed E-state index contributed by atoms with van der Waals surface area (Å²) < 4.78 is 28.2. The van der Waals surface area contributed by atoms with Crippen LogP contribution in [0.4, 0.5) is 8.78 Å². The minimum Gasteiger partial charge on any atom is -0.477 e. The number of aliphatic hydroxyl groups excluding tert-OH is 1. The summed E-state index contributed by atoms with van der Waals surface area (Å²) >= 11 is 1.15. The first kappa shape index (κ1) is 25.1. The van der Waals surface area contributed by atoms with Crippen LogP contribution in [0.5, 0.6) is 0 Å². The number of aromatic carboxylic acids is 1. The molecule has 1 aliphatic rings. The van der Waals surface area contributed by atoms with E-state index in [1.54, 1.807) is 6.07 Å². The Morgan fingerprint density at radius 1 is 1.24 bits per heavy atom. The molecule has 1 aromatic heterocycles. The van der Waals surface area contributed by atoms with E-state index in [-0.39, 0.29) is 17.3 Å². The number of rotatable bonds is 11. The average molecular weight is 478 g/mol. The number of halogens is 2. The Bertz CT molecular complexity index is 976. The van der Waals surface area contributed by atoms with E-state index in [4.69, 9.17) is 5.11 Å². The molecule has 1 saturated heterocycles. The number of carboxylic acids is 1. The predicted molar refractivity (Wildman–Crippen MR) is 124 cm³/mol. The number of thiophene rings is 1. The smallest absolute Gasteiger partial charge is 0.345 e. The maximum absolute atomic E-state index is 14.1. The number of benzene rings is 1. The zero-order chi connectivity index (χ0) is 24.0. The van der Waals surface area contributed by atoms with E-state index in [1.807, 2.05) is 37.3 Å². The van der Waals surface area contributed by atoms with Gasteiger partial charge in [-0.25, -0.2) is 4.79 Å². The first-order chi connectivity index (χ1) is 15.7. The monoisotopic (exact) mass is 477 g/mol. The molecule has 3 atom stereocenters. The summed E-state index contributed by atoms with van der Waals surface area (Å²) in [6, 6.07) is 12.4. The number of carbonyl (C=O) groups is 2. The molecular formula is C25H29F2NO4S. The second-order valence-electron chi connectivity index (χ2n) is 8.53. The van der Waals surface area contributed by atoms with Crippen LogP contribution in [0.15, 0.2) is 54.6 Å². The predicted octanol–water partition coefficient (Wildman–Crippen LogP) is 4.80. The molecule has 0 bridgehead atoms. The molecule has 5 nitrogen and oxygen atoms in total. The van der Waals surface area contributed by atoms with Crippen molar-refractivity contribution in [3.05, 3.63) is 69.9 Å². The van der Waals surface area contributed by atoms with Gasteiger partial charge in [-0.2, -0.15) is 8.78 Å². The zero-order valence-corrected chi connectivity index (χ0v) is 19.3. The largest absolute Gasteiger partial charge is 0.477 e. The number of hydrogen-bond acceptors (Lipinski definition) is 4. The summed E-state index contributed by atoms with van der Waals surface area (Å²) in [5.41, 5.74) is 1.17. The van der Waals surface area contributed by atoms with E-state index in [0.717, 1.165) is 29.1 Å². The van der Waals surface area contributed by atoms with Crippen molar-refractivity contribution in [2.75, 3.05) is 6.54 Å². The van der Waals surface area contributed by atoms with Crippen molar-refractivity contribution in [3.8, 4) is 0 Å². The number of aryl methyl sites for hydroxylation is 2. The lowest BCUT2D eigenvalue weighted by Gasteiger charge is -2.22. The first-order valence-corrected chi connectivity index (χ1v) is 11.9. The van der Waals surface area contributed by atoms with Crippen molar-refractivity contribution in [1.29, 1.82) is 0 Å². The van der Waals surface area contributed by atoms with Crippen LogP contribution < -0.4 is 0 Å². The Kier molecular flexibility index (Phi) is 8.37. The van der Waals surface area contributed by atoms with E-state index in [1.165, 1.54) is 28.7 Å². The molecule has 3 rings (SSSR count). The fourth-order valence-corrected chi connectivity index (χ4v) is 4.84. The molecule has 8 heteroatoms. The lowest BCUT2D eigenvalue weighted by molar-refractivity contribution is -0.148. The fraction of sp³-hybridized carbons (Fsp3) is 0.440. The van der Waals surface area contributed by atoms with E-state index in [9.17, 15) is 23.5 Å². The third-order valence-corrected chi connectivity index (χ3v) is 7.11. The van der Waals surface area contributed by atoms with Crippen molar-refractivity contribution in [2.24, 2.45) is 5.92 Å². The van der Waals surface area contributed by atoms with Crippen LogP contribution in [-0.4, -0.2) is 51.6 Å². The Hall–Kier alpha value is -2.58. The molecule has 1 amide bonds. The maximum atomic E-state index is 14.1. The highest BCUT2D eigenvalue weighted by Gasteiger charge is 2.52. The van der Waals surface area contributed by atoms with Crippen LogP contribution in [0.1, 0.15) is 46.3 Å². The molecule has 1 fully saturated rings. The number of aliphatic hydroxyl groups is 1. The van der Waals surface area contributed by atoms with Gasteiger partial charge < -0.3 is 15.1 Å². The number of hydrogen-bond donors (Lipinski definition) is 2. The summed E-state index contributed by atoms with van der Waals surface area (Å²) in [5, 5.41) is 19.5. The molecule has 1 unspecified atom stereocenters. The van der Waals surface area contributed by atoms with Gasteiger partial charge in [0.25, 0.3) is 5.91 Å². The molecule has 178 valence electrons. The van der Waals surface area contributed by atoms with Crippen molar-refractivity contribution in [3.63, 3.8) is 0 Å². The summed E-state index contributed by atoms with van der Waals surface area (Å²) in [6.45, 7) is 2.06. The summed E-state index contributed by atoms with van der Waals surface area (Å²) in [7, 11) is 0. The zero-order valence-electron chi connectivity index (χ0n) is 18.5. The quantitative estimate of drug-likeness (QED) is 0.456. The van der Waals surface area contributed by atoms with Crippen molar-refractivity contribution >= 4 is 23.2 Å². The van der Waals surface area contributed by atoms with Gasteiger partial charge in [-0.05, 0) is 49.3 Å². The molecule has 0 radical (unpaired) electrons. The minimum atomic E-state index is -3.42. The normalized spacial score (nSPS) is 19.8. The van der Waals surface area contributed by atoms with Gasteiger partial charge in [-0.3, -0.25) is 4.79 Å². The fourth-order valence-electron chi connectivity index (χ4n) is 3.95. The second-order valence-corrected chi connectivity index (χ2v) is 9.69. The molecule has 0 saturated carbocycles. The second kappa shape index (κ2) is 11.0. The van der Waals surface area contributed by atoms with Gasteiger partial charge in [-0.15, -0.1) is 11.3 Å². The average Bonchev–Trinajstić information content (AvgIpc) is 3.35. The highest BCUT2D eigenvalue weighted by Crippen LogP contribution is 2.34. The minimum absolute atomic E-state index is 0.0604. The highest BCUT2D eigenvalue weighted by atomic mass is 32.1. The topological polar surface area (TPSA) is 77.8 Å². The maximum Gasteiger partial charge on any atom is 0.345 e. The van der Waals surface area contributed by atoms with Crippen LogP contribution in [0.3, 0.4) is 0 Å². The Morgan fingerprint density at radius 3 is 2.64 bits per heavy atom. The Balaban J connectivity index is 1.55. The van der Waals surface area contributed by atoms with Gasteiger partial charge in [-0.1, -0.05) is 49.4 Å². The Labute approximate surface area is 196 Å². The van der Waals surface area contributed by atoms with Gasteiger partial charge >= 0.3 is 11.9 Å². The van der Waals surface area contributed by atoms with Crippen molar-refractivity contribution < 1.29 is 28.6 Å². The van der Waals surface area contributed by atoms with Crippen LogP contribution in [0.25, 0.3) is 0 Å². The lowest BCUT2D eigenvalue weighted by atomic mass is 9.95. The van der Waals surface area contributed by atoms with Crippen LogP contribution in [0.2, 0.25) is 0 Å². The lowest BCUT2D eigenvalue weighted by Crippen LogP contribution is -2.36. The van der Waals surface area contributed by atoms with E-state index in [2.05, 4.69) is 0 Å². The molecule has 2 N–H and O–H groups in total. The standard InChI is InChI=1S/C25H29F2NO4S/c1-17(9-10-18-6-3-2-4-7-18)21(29)13-11-19-16-25(26,27)24(32)28(19)15-5-8-20-12-14-22(33-20)23(30)31/h2-4,6-7,11-14,17,19,21,29H,5,8-10,15-16H2,1H3,(H,30,31)/t17-,19?,21+/m0/s1. The molecule has 0 aliphatic carbocycles. The number of carboxylic acid groups (broad SMARTS) is 1.